The van der Waals surface area contributed by atoms with Gasteiger partial charge in [0.15, 0.2) is 0 Å². The van der Waals surface area contributed by atoms with Crippen LogP contribution in [-0.2, 0) is 17.6 Å². The maximum atomic E-state index is 11.5. The van der Waals surface area contributed by atoms with Crippen molar-refractivity contribution in [2.75, 3.05) is 5.32 Å². The van der Waals surface area contributed by atoms with Gasteiger partial charge in [-0.15, -0.1) is 0 Å². The first-order valence-electron chi connectivity index (χ1n) is 6.11. The average molecular weight is 230 g/mol. The maximum Gasteiger partial charge on any atom is 0.230 e. The molecule has 2 N–H and O–H groups in total. The SMILES string of the molecule is CC(=N)CC(=O)Nc1ccc2c(c1)CCCC2. The van der Waals surface area contributed by atoms with Crippen molar-refractivity contribution < 1.29 is 4.79 Å². The number of hydrogen-bond donors (Lipinski definition) is 2. The predicted octanol–water partition coefficient (Wildman–Crippen LogP) is 2.93. The third kappa shape index (κ3) is 3.16. The summed E-state index contributed by atoms with van der Waals surface area (Å²) >= 11 is 0. The zero-order chi connectivity index (χ0) is 12.3. The summed E-state index contributed by atoms with van der Waals surface area (Å²) in [6.07, 6.45) is 4.96. The zero-order valence-corrected chi connectivity index (χ0v) is 10.2. The van der Waals surface area contributed by atoms with Crippen molar-refractivity contribution in [2.24, 2.45) is 0 Å². The van der Waals surface area contributed by atoms with Crippen LogP contribution in [0.15, 0.2) is 18.2 Å². The molecule has 3 nitrogen and oxygen atoms in total. The molecule has 0 saturated carbocycles. The Kier molecular flexibility index (Phi) is 3.57. The number of amides is 1. The summed E-state index contributed by atoms with van der Waals surface area (Å²) in [6.45, 7) is 1.65. The highest BCUT2D eigenvalue weighted by Crippen LogP contribution is 2.24. The van der Waals surface area contributed by atoms with Crippen LogP contribution in [0.2, 0.25) is 0 Å². The zero-order valence-electron chi connectivity index (χ0n) is 10.2. The van der Waals surface area contributed by atoms with Crippen LogP contribution in [0, 0.1) is 5.41 Å². The molecular formula is C14H18N2O. The second-order valence-corrected chi connectivity index (χ2v) is 4.70. The Morgan fingerprint density at radius 2 is 2.00 bits per heavy atom. The van der Waals surface area contributed by atoms with Crippen molar-refractivity contribution in [1.29, 1.82) is 5.41 Å². The van der Waals surface area contributed by atoms with Gasteiger partial charge in [-0.2, -0.15) is 0 Å². The summed E-state index contributed by atoms with van der Waals surface area (Å²) in [4.78, 5) is 11.5. The van der Waals surface area contributed by atoms with Crippen molar-refractivity contribution in [3.05, 3.63) is 29.3 Å². The molecule has 2 rings (SSSR count). The minimum absolute atomic E-state index is 0.103. The van der Waals surface area contributed by atoms with Crippen LogP contribution in [0.4, 0.5) is 5.69 Å². The van der Waals surface area contributed by atoms with E-state index >= 15 is 0 Å². The van der Waals surface area contributed by atoms with Gasteiger partial charge in [0, 0.05) is 11.4 Å². The van der Waals surface area contributed by atoms with Crippen LogP contribution >= 0.6 is 0 Å². The molecule has 0 atom stereocenters. The number of nitrogens with one attached hydrogen (secondary N) is 2. The van der Waals surface area contributed by atoms with Crippen LogP contribution in [-0.4, -0.2) is 11.6 Å². The topological polar surface area (TPSA) is 53.0 Å². The molecule has 1 aliphatic rings. The number of fused-ring (bicyclic) bond motifs is 1. The van der Waals surface area contributed by atoms with Gasteiger partial charge >= 0.3 is 0 Å². The number of rotatable bonds is 3. The van der Waals surface area contributed by atoms with E-state index in [0.717, 1.165) is 18.5 Å². The molecule has 0 unspecified atom stereocenters. The first-order valence-corrected chi connectivity index (χ1v) is 6.11. The van der Waals surface area contributed by atoms with Crippen molar-refractivity contribution in [3.63, 3.8) is 0 Å². The number of carbonyl (C=O) groups is 1. The molecule has 0 radical (unpaired) electrons. The first kappa shape index (κ1) is 11.8. The third-order valence-corrected chi connectivity index (χ3v) is 3.06. The number of anilines is 1. The minimum Gasteiger partial charge on any atom is -0.326 e. The standard InChI is InChI=1S/C14H18N2O/c1-10(15)8-14(17)16-13-7-6-11-4-2-3-5-12(11)9-13/h6-7,9,15H,2-5,8H2,1H3,(H,16,17). The van der Waals surface area contributed by atoms with Gasteiger partial charge in [0.05, 0.1) is 6.42 Å². The Morgan fingerprint density at radius 1 is 1.29 bits per heavy atom. The van der Waals surface area contributed by atoms with Crippen LogP contribution < -0.4 is 5.32 Å². The highest BCUT2D eigenvalue weighted by molar-refractivity contribution is 6.04. The Labute approximate surface area is 102 Å². The molecule has 3 heteroatoms. The van der Waals surface area contributed by atoms with E-state index in [1.807, 2.05) is 6.07 Å². The fourth-order valence-electron chi connectivity index (χ4n) is 2.26. The summed E-state index contributed by atoms with van der Waals surface area (Å²) in [5.74, 6) is -0.103. The van der Waals surface area contributed by atoms with Gasteiger partial charge in [-0.3, -0.25) is 4.79 Å². The lowest BCUT2D eigenvalue weighted by Crippen LogP contribution is -2.15. The number of carbonyl (C=O) groups excluding carboxylic acids is 1. The molecule has 0 aliphatic heterocycles. The van der Waals surface area contributed by atoms with E-state index in [1.165, 1.54) is 24.0 Å². The Balaban J connectivity index is 2.07. The summed E-state index contributed by atoms with van der Waals surface area (Å²) in [5, 5.41) is 10.1. The van der Waals surface area contributed by atoms with E-state index in [9.17, 15) is 4.79 Å². The second-order valence-electron chi connectivity index (χ2n) is 4.70. The first-order chi connectivity index (χ1) is 8.15. The summed E-state index contributed by atoms with van der Waals surface area (Å²) < 4.78 is 0. The van der Waals surface area contributed by atoms with Gasteiger partial charge in [0.1, 0.15) is 0 Å². The summed E-state index contributed by atoms with van der Waals surface area (Å²) in [6, 6.07) is 6.15. The lowest BCUT2D eigenvalue weighted by Gasteiger charge is -2.16. The van der Waals surface area contributed by atoms with E-state index in [1.54, 1.807) is 6.92 Å². The molecule has 17 heavy (non-hydrogen) atoms. The number of aryl methyl sites for hydroxylation is 2. The highest BCUT2D eigenvalue weighted by Gasteiger charge is 2.10. The molecule has 1 amide bonds. The van der Waals surface area contributed by atoms with E-state index in [0.29, 0.717) is 5.71 Å². The fraction of sp³-hybridized carbons (Fsp3) is 0.429. The Morgan fingerprint density at radius 3 is 2.71 bits per heavy atom. The monoisotopic (exact) mass is 230 g/mol. The third-order valence-electron chi connectivity index (χ3n) is 3.06. The second kappa shape index (κ2) is 5.13. The lowest BCUT2D eigenvalue weighted by atomic mass is 9.91. The molecule has 0 heterocycles. The molecule has 90 valence electrons. The highest BCUT2D eigenvalue weighted by atomic mass is 16.1. The molecule has 0 aromatic heterocycles. The van der Waals surface area contributed by atoms with Crippen LogP contribution in [0.1, 0.15) is 37.3 Å². The van der Waals surface area contributed by atoms with Crippen molar-refractivity contribution in [3.8, 4) is 0 Å². The van der Waals surface area contributed by atoms with E-state index in [2.05, 4.69) is 17.4 Å². The summed E-state index contributed by atoms with van der Waals surface area (Å²) in [5.41, 5.74) is 4.02. The maximum absolute atomic E-state index is 11.5. The molecule has 0 bridgehead atoms. The van der Waals surface area contributed by atoms with Crippen molar-refractivity contribution in [2.45, 2.75) is 39.0 Å². The molecule has 1 aliphatic carbocycles. The molecule has 0 saturated heterocycles. The van der Waals surface area contributed by atoms with Gasteiger partial charge in [0.25, 0.3) is 0 Å². The van der Waals surface area contributed by atoms with Gasteiger partial charge < -0.3 is 10.7 Å². The quantitative estimate of drug-likeness (QED) is 0.771. The van der Waals surface area contributed by atoms with Crippen LogP contribution in [0.3, 0.4) is 0 Å². The van der Waals surface area contributed by atoms with Crippen LogP contribution in [0.25, 0.3) is 0 Å². The van der Waals surface area contributed by atoms with Crippen molar-refractivity contribution in [1.82, 2.24) is 0 Å². The fourth-order valence-corrected chi connectivity index (χ4v) is 2.26. The van der Waals surface area contributed by atoms with E-state index in [-0.39, 0.29) is 12.3 Å². The van der Waals surface area contributed by atoms with E-state index in [4.69, 9.17) is 5.41 Å². The normalized spacial score (nSPS) is 13.9. The van der Waals surface area contributed by atoms with Gasteiger partial charge in [0.2, 0.25) is 5.91 Å². The smallest absolute Gasteiger partial charge is 0.230 e. The van der Waals surface area contributed by atoms with Gasteiger partial charge in [-0.1, -0.05) is 6.07 Å². The Bertz CT molecular complexity index is 452. The van der Waals surface area contributed by atoms with E-state index < -0.39 is 0 Å². The minimum atomic E-state index is -0.103. The molecule has 1 aromatic carbocycles. The molecule has 0 spiro atoms. The van der Waals surface area contributed by atoms with Crippen LogP contribution in [0.5, 0.6) is 0 Å². The Hall–Kier alpha value is -1.64. The number of benzene rings is 1. The average Bonchev–Trinajstić information content (AvgIpc) is 2.27. The van der Waals surface area contributed by atoms with Gasteiger partial charge in [-0.05, 0) is 55.9 Å². The molecule has 1 aromatic rings. The predicted molar refractivity (Wildman–Crippen MR) is 69.7 cm³/mol. The molecule has 0 fully saturated rings. The lowest BCUT2D eigenvalue weighted by molar-refractivity contribution is -0.115. The summed E-state index contributed by atoms with van der Waals surface area (Å²) in [7, 11) is 0. The van der Waals surface area contributed by atoms with Crippen molar-refractivity contribution >= 4 is 17.3 Å². The number of hydrogen-bond acceptors (Lipinski definition) is 2. The largest absolute Gasteiger partial charge is 0.326 e. The molecular weight excluding hydrogens is 212 g/mol. The van der Waals surface area contributed by atoms with Gasteiger partial charge in [-0.25, -0.2) is 0 Å².